The van der Waals surface area contributed by atoms with E-state index in [-0.39, 0.29) is 5.69 Å². The Labute approximate surface area is 94.0 Å². The van der Waals surface area contributed by atoms with Crippen LogP contribution in [0.25, 0.3) is 0 Å². The minimum absolute atomic E-state index is 0.166. The van der Waals surface area contributed by atoms with Gasteiger partial charge in [0.15, 0.2) is 0 Å². The summed E-state index contributed by atoms with van der Waals surface area (Å²) in [6.45, 7) is 1.03. The quantitative estimate of drug-likeness (QED) is 0.921. The molecule has 15 heavy (non-hydrogen) atoms. The van der Waals surface area contributed by atoms with Gasteiger partial charge in [0.1, 0.15) is 5.69 Å². The van der Waals surface area contributed by atoms with E-state index in [0.29, 0.717) is 5.56 Å². The summed E-state index contributed by atoms with van der Waals surface area (Å²) in [5, 5.41) is 2.09. The van der Waals surface area contributed by atoms with Gasteiger partial charge in [-0.25, -0.2) is 13.8 Å². The van der Waals surface area contributed by atoms with Crippen molar-refractivity contribution in [2.45, 2.75) is 13.3 Å². The molecule has 0 unspecified atom stereocenters. The third-order valence-corrected chi connectivity index (χ3v) is 2.11. The molecule has 1 aromatic rings. The topological polar surface area (TPSA) is 42.0 Å². The molecule has 1 heterocycles. The van der Waals surface area contributed by atoms with E-state index in [4.69, 9.17) is 0 Å². The Kier molecular flexibility index (Phi) is 4.14. The SMILES string of the molecule is Cc1cc(Br)cnc1C(=O)NCC(F)F. The third-order valence-electron chi connectivity index (χ3n) is 1.68. The van der Waals surface area contributed by atoms with Crippen LogP contribution >= 0.6 is 15.9 Å². The first-order chi connectivity index (χ1) is 7.00. The summed E-state index contributed by atoms with van der Waals surface area (Å²) in [5.41, 5.74) is 0.801. The normalized spacial score (nSPS) is 10.5. The molecule has 0 aromatic carbocycles. The highest BCUT2D eigenvalue weighted by atomic mass is 79.9. The maximum atomic E-state index is 11.8. The van der Waals surface area contributed by atoms with Crippen molar-refractivity contribution >= 4 is 21.8 Å². The number of alkyl halides is 2. The van der Waals surface area contributed by atoms with Gasteiger partial charge in [-0.2, -0.15) is 0 Å². The number of amides is 1. The van der Waals surface area contributed by atoms with Crippen molar-refractivity contribution in [2.24, 2.45) is 0 Å². The molecule has 0 atom stereocenters. The first-order valence-electron chi connectivity index (χ1n) is 4.19. The standard InChI is InChI=1S/C9H9BrF2N2O/c1-5-2-6(10)3-13-8(5)9(15)14-4-7(11)12/h2-3,7H,4H2,1H3,(H,14,15). The lowest BCUT2D eigenvalue weighted by Crippen LogP contribution is -2.29. The molecule has 1 aromatic heterocycles. The van der Waals surface area contributed by atoms with Crippen LogP contribution in [0.2, 0.25) is 0 Å². The van der Waals surface area contributed by atoms with E-state index in [1.54, 1.807) is 13.0 Å². The molecule has 6 heteroatoms. The molecule has 1 N–H and O–H groups in total. The number of carbonyl (C=O) groups is 1. The number of aryl methyl sites for hydroxylation is 1. The van der Waals surface area contributed by atoms with Crippen molar-refractivity contribution in [2.75, 3.05) is 6.54 Å². The van der Waals surface area contributed by atoms with Crippen LogP contribution in [0, 0.1) is 6.92 Å². The lowest BCUT2D eigenvalue weighted by atomic mass is 10.2. The molecular weight excluding hydrogens is 270 g/mol. The Hall–Kier alpha value is -1.04. The van der Waals surface area contributed by atoms with E-state index in [9.17, 15) is 13.6 Å². The second kappa shape index (κ2) is 5.16. The number of hydrogen-bond acceptors (Lipinski definition) is 2. The average Bonchev–Trinajstić information content (AvgIpc) is 2.14. The van der Waals surface area contributed by atoms with Crippen molar-refractivity contribution in [1.82, 2.24) is 10.3 Å². The molecular formula is C9H9BrF2N2O. The van der Waals surface area contributed by atoms with Crippen LogP contribution in [0.3, 0.4) is 0 Å². The summed E-state index contributed by atoms with van der Waals surface area (Å²) >= 11 is 3.19. The van der Waals surface area contributed by atoms with Gasteiger partial charge in [0, 0.05) is 10.7 Å². The molecule has 1 rings (SSSR count). The maximum Gasteiger partial charge on any atom is 0.270 e. The summed E-state index contributed by atoms with van der Waals surface area (Å²) in [7, 11) is 0. The number of nitrogens with one attached hydrogen (secondary N) is 1. The summed E-state index contributed by atoms with van der Waals surface area (Å²) in [6.07, 6.45) is -1.10. The van der Waals surface area contributed by atoms with Crippen molar-refractivity contribution in [3.63, 3.8) is 0 Å². The molecule has 0 saturated heterocycles. The number of rotatable bonds is 3. The first kappa shape index (κ1) is 12.0. The fourth-order valence-electron chi connectivity index (χ4n) is 1.03. The first-order valence-corrected chi connectivity index (χ1v) is 4.98. The smallest absolute Gasteiger partial charge is 0.270 e. The second-order valence-electron chi connectivity index (χ2n) is 2.92. The molecule has 0 aliphatic heterocycles. The third kappa shape index (κ3) is 3.54. The van der Waals surface area contributed by atoms with Crippen LogP contribution in [0.15, 0.2) is 16.7 Å². The molecule has 0 fully saturated rings. The van der Waals surface area contributed by atoms with Crippen LogP contribution in [0.4, 0.5) is 8.78 Å². The number of carbonyl (C=O) groups excluding carboxylic acids is 1. The predicted molar refractivity (Wildman–Crippen MR) is 55.0 cm³/mol. The van der Waals surface area contributed by atoms with Crippen molar-refractivity contribution in [3.05, 3.63) is 28.0 Å². The zero-order valence-electron chi connectivity index (χ0n) is 7.93. The maximum absolute atomic E-state index is 11.8. The molecule has 0 bridgehead atoms. The number of pyridine rings is 1. The van der Waals surface area contributed by atoms with Gasteiger partial charge in [-0.1, -0.05) is 0 Å². The van der Waals surface area contributed by atoms with Gasteiger partial charge in [0.25, 0.3) is 12.3 Å². The highest BCUT2D eigenvalue weighted by Gasteiger charge is 2.12. The molecule has 0 radical (unpaired) electrons. The van der Waals surface area contributed by atoms with Crippen LogP contribution in [-0.2, 0) is 0 Å². The number of halogens is 3. The van der Waals surface area contributed by atoms with Gasteiger partial charge in [-0.3, -0.25) is 4.79 Å². The van der Waals surface area contributed by atoms with Gasteiger partial charge >= 0.3 is 0 Å². The Morgan fingerprint density at radius 2 is 2.33 bits per heavy atom. The molecule has 3 nitrogen and oxygen atoms in total. The lowest BCUT2D eigenvalue weighted by molar-refractivity contribution is 0.0886. The monoisotopic (exact) mass is 278 g/mol. The molecule has 0 spiro atoms. The Morgan fingerprint density at radius 1 is 1.67 bits per heavy atom. The molecule has 82 valence electrons. The summed E-state index contributed by atoms with van der Waals surface area (Å²) < 4.78 is 24.4. The van der Waals surface area contributed by atoms with Gasteiger partial charge < -0.3 is 5.32 Å². The summed E-state index contributed by atoms with van der Waals surface area (Å²) in [6, 6.07) is 1.70. The fourth-order valence-corrected chi connectivity index (χ4v) is 1.48. The largest absolute Gasteiger partial charge is 0.345 e. The summed E-state index contributed by atoms with van der Waals surface area (Å²) in [5.74, 6) is -0.583. The molecule has 0 saturated carbocycles. The Bertz CT molecular complexity index is 371. The predicted octanol–water partition coefficient (Wildman–Crippen LogP) is 2.15. The Morgan fingerprint density at radius 3 is 2.87 bits per heavy atom. The second-order valence-corrected chi connectivity index (χ2v) is 3.84. The van der Waals surface area contributed by atoms with E-state index >= 15 is 0 Å². The van der Waals surface area contributed by atoms with Crippen molar-refractivity contribution in [3.8, 4) is 0 Å². The summed E-state index contributed by atoms with van der Waals surface area (Å²) in [4.78, 5) is 15.2. The number of aromatic nitrogens is 1. The zero-order chi connectivity index (χ0) is 11.4. The van der Waals surface area contributed by atoms with Crippen LogP contribution in [-0.4, -0.2) is 23.9 Å². The van der Waals surface area contributed by atoms with E-state index < -0.39 is 18.9 Å². The van der Waals surface area contributed by atoms with Gasteiger partial charge in [-0.05, 0) is 34.5 Å². The van der Waals surface area contributed by atoms with E-state index in [2.05, 4.69) is 26.2 Å². The minimum atomic E-state index is -2.55. The van der Waals surface area contributed by atoms with Crippen molar-refractivity contribution in [1.29, 1.82) is 0 Å². The van der Waals surface area contributed by atoms with Gasteiger partial charge in [0.05, 0.1) is 6.54 Å². The zero-order valence-corrected chi connectivity index (χ0v) is 9.51. The van der Waals surface area contributed by atoms with E-state index in [1.165, 1.54) is 6.20 Å². The average molecular weight is 279 g/mol. The molecule has 0 aliphatic carbocycles. The highest BCUT2D eigenvalue weighted by Crippen LogP contribution is 2.12. The van der Waals surface area contributed by atoms with Crippen LogP contribution in [0.1, 0.15) is 16.1 Å². The van der Waals surface area contributed by atoms with Gasteiger partial charge in [-0.15, -0.1) is 0 Å². The number of nitrogens with zero attached hydrogens (tertiary/aromatic N) is 1. The highest BCUT2D eigenvalue weighted by molar-refractivity contribution is 9.10. The van der Waals surface area contributed by atoms with E-state index in [1.807, 2.05) is 0 Å². The number of hydrogen-bond donors (Lipinski definition) is 1. The van der Waals surface area contributed by atoms with Gasteiger partial charge in [0.2, 0.25) is 0 Å². The molecule has 1 amide bonds. The van der Waals surface area contributed by atoms with Crippen LogP contribution in [0.5, 0.6) is 0 Å². The van der Waals surface area contributed by atoms with Crippen molar-refractivity contribution < 1.29 is 13.6 Å². The fraction of sp³-hybridized carbons (Fsp3) is 0.333. The Balaban J connectivity index is 2.74. The minimum Gasteiger partial charge on any atom is -0.345 e. The van der Waals surface area contributed by atoms with Crippen LogP contribution < -0.4 is 5.32 Å². The molecule has 0 aliphatic rings. The van der Waals surface area contributed by atoms with E-state index in [0.717, 1.165) is 4.47 Å². The lowest BCUT2D eigenvalue weighted by Gasteiger charge is -2.06.